The fourth-order valence-corrected chi connectivity index (χ4v) is 3.34. The van der Waals surface area contributed by atoms with Crippen LogP contribution in [0, 0.1) is 0 Å². The van der Waals surface area contributed by atoms with E-state index < -0.39 is 0 Å². The molecule has 0 N–H and O–H groups in total. The molecule has 1 aromatic heterocycles. The number of rotatable bonds is 6. The van der Waals surface area contributed by atoms with Crippen molar-refractivity contribution in [1.82, 2.24) is 14.9 Å². The van der Waals surface area contributed by atoms with Crippen molar-refractivity contribution in [3.05, 3.63) is 30.6 Å². The van der Waals surface area contributed by atoms with Gasteiger partial charge in [0.05, 0.1) is 12.1 Å². The van der Waals surface area contributed by atoms with Crippen LogP contribution in [0.15, 0.2) is 30.6 Å². The van der Waals surface area contributed by atoms with Gasteiger partial charge in [0.1, 0.15) is 12.1 Å². The highest BCUT2D eigenvalue weighted by Crippen LogP contribution is 2.25. The number of hydrogen-bond donors (Lipinski definition) is 0. The highest BCUT2D eigenvalue weighted by Gasteiger charge is 2.27. The lowest BCUT2D eigenvalue weighted by Crippen LogP contribution is -2.54. The van der Waals surface area contributed by atoms with E-state index in [9.17, 15) is 0 Å². The summed E-state index contributed by atoms with van der Waals surface area (Å²) < 4.78 is 5.52. The zero-order valence-electron chi connectivity index (χ0n) is 14.1. The van der Waals surface area contributed by atoms with Crippen LogP contribution in [0.3, 0.4) is 0 Å². The van der Waals surface area contributed by atoms with Gasteiger partial charge >= 0.3 is 0 Å². The van der Waals surface area contributed by atoms with E-state index in [1.54, 1.807) is 6.33 Å². The summed E-state index contributed by atoms with van der Waals surface area (Å²) >= 11 is 0. The molecule has 1 aliphatic rings. The monoisotopic (exact) mass is 314 g/mol. The molecule has 3 rings (SSSR count). The summed E-state index contributed by atoms with van der Waals surface area (Å²) in [5.74, 6) is 1.07. The Labute approximate surface area is 138 Å². The minimum absolute atomic E-state index is 0.554. The molecule has 0 bridgehead atoms. The summed E-state index contributed by atoms with van der Waals surface area (Å²) in [5.41, 5.74) is 1.02. The van der Waals surface area contributed by atoms with E-state index in [-0.39, 0.29) is 0 Å². The second kappa shape index (κ2) is 7.70. The number of piperazine rings is 1. The van der Waals surface area contributed by atoms with Gasteiger partial charge in [-0.1, -0.05) is 19.1 Å². The standard InChI is InChI=1S/C18H26N4O/c1-3-15-13-22(10-9-21(15)11-12-23-4-2)18-16-7-5-6-8-17(16)19-14-20-18/h5-8,14-15H,3-4,9-13H2,1-2H3. The summed E-state index contributed by atoms with van der Waals surface area (Å²) in [6, 6.07) is 8.81. The molecule has 0 saturated carbocycles. The first-order chi connectivity index (χ1) is 11.3. The minimum atomic E-state index is 0.554. The molecule has 124 valence electrons. The van der Waals surface area contributed by atoms with Crippen molar-refractivity contribution in [3.63, 3.8) is 0 Å². The molecule has 1 atom stereocenters. The number of aromatic nitrogens is 2. The van der Waals surface area contributed by atoms with Crippen LogP contribution in [-0.4, -0.2) is 60.3 Å². The van der Waals surface area contributed by atoms with Crippen LogP contribution in [0.1, 0.15) is 20.3 Å². The average molecular weight is 314 g/mol. The van der Waals surface area contributed by atoms with E-state index in [1.807, 2.05) is 6.07 Å². The van der Waals surface area contributed by atoms with Gasteiger partial charge in [0.15, 0.2) is 0 Å². The van der Waals surface area contributed by atoms with Gasteiger partial charge in [-0.15, -0.1) is 0 Å². The Morgan fingerprint density at radius 2 is 2.04 bits per heavy atom. The fourth-order valence-electron chi connectivity index (χ4n) is 3.34. The summed E-state index contributed by atoms with van der Waals surface area (Å²) in [6.45, 7) is 10.0. The van der Waals surface area contributed by atoms with E-state index in [2.05, 4.69) is 51.8 Å². The van der Waals surface area contributed by atoms with Gasteiger partial charge in [-0.2, -0.15) is 0 Å². The molecule has 1 unspecified atom stereocenters. The Balaban J connectivity index is 1.75. The Bertz CT molecular complexity index is 628. The Kier molecular flexibility index (Phi) is 5.41. The third-order valence-electron chi connectivity index (χ3n) is 4.62. The van der Waals surface area contributed by atoms with Crippen molar-refractivity contribution >= 4 is 16.7 Å². The zero-order chi connectivity index (χ0) is 16.1. The van der Waals surface area contributed by atoms with Crippen LogP contribution < -0.4 is 4.90 Å². The summed E-state index contributed by atoms with van der Waals surface area (Å²) in [5, 5.41) is 1.15. The van der Waals surface area contributed by atoms with Crippen LogP contribution >= 0.6 is 0 Å². The normalized spacial score (nSPS) is 19.4. The van der Waals surface area contributed by atoms with Gasteiger partial charge in [-0.25, -0.2) is 9.97 Å². The molecule has 1 aromatic carbocycles. The average Bonchev–Trinajstić information content (AvgIpc) is 2.61. The molecule has 0 radical (unpaired) electrons. The first-order valence-corrected chi connectivity index (χ1v) is 8.60. The Morgan fingerprint density at radius 1 is 1.17 bits per heavy atom. The smallest absolute Gasteiger partial charge is 0.139 e. The molecule has 1 aliphatic heterocycles. The topological polar surface area (TPSA) is 41.5 Å². The van der Waals surface area contributed by atoms with Crippen LogP contribution in [0.5, 0.6) is 0 Å². The molecule has 23 heavy (non-hydrogen) atoms. The molecule has 1 fully saturated rings. The molecule has 2 aromatic rings. The minimum Gasteiger partial charge on any atom is -0.380 e. The zero-order valence-corrected chi connectivity index (χ0v) is 14.1. The first kappa shape index (κ1) is 16.1. The van der Waals surface area contributed by atoms with Gasteiger partial charge in [0, 0.05) is 44.2 Å². The SMILES string of the molecule is CCOCCN1CCN(c2ncnc3ccccc23)CC1CC. The Morgan fingerprint density at radius 3 is 2.87 bits per heavy atom. The second-order valence-electron chi connectivity index (χ2n) is 5.96. The van der Waals surface area contributed by atoms with Crippen LogP contribution in [0.4, 0.5) is 5.82 Å². The maximum Gasteiger partial charge on any atom is 0.139 e. The van der Waals surface area contributed by atoms with E-state index in [0.717, 1.165) is 62.5 Å². The lowest BCUT2D eigenvalue weighted by Gasteiger charge is -2.41. The van der Waals surface area contributed by atoms with Crippen molar-refractivity contribution in [2.75, 3.05) is 44.3 Å². The molecule has 5 nitrogen and oxygen atoms in total. The molecule has 2 heterocycles. The molecule has 5 heteroatoms. The second-order valence-corrected chi connectivity index (χ2v) is 5.96. The van der Waals surface area contributed by atoms with Gasteiger partial charge < -0.3 is 9.64 Å². The third-order valence-corrected chi connectivity index (χ3v) is 4.62. The first-order valence-electron chi connectivity index (χ1n) is 8.60. The van der Waals surface area contributed by atoms with Crippen molar-refractivity contribution in [2.45, 2.75) is 26.3 Å². The van der Waals surface area contributed by atoms with Gasteiger partial charge in [-0.05, 0) is 25.5 Å². The van der Waals surface area contributed by atoms with Gasteiger partial charge in [0.25, 0.3) is 0 Å². The highest BCUT2D eigenvalue weighted by molar-refractivity contribution is 5.89. The lowest BCUT2D eigenvalue weighted by molar-refractivity contribution is 0.0869. The maximum atomic E-state index is 5.52. The van der Waals surface area contributed by atoms with Crippen LogP contribution in [0.2, 0.25) is 0 Å². The number of hydrogen-bond acceptors (Lipinski definition) is 5. The Hall–Kier alpha value is -1.72. The van der Waals surface area contributed by atoms with E-state index in [4.69, 9.17) is 4.74 Å². The molecule has 1 saturated heterocycles. The van der Waals surface area contributed by atoms with Crippen molar-refractivity contribution in [2.24, 2.45) is 0 Å². The van der Waals surface area contributed by atoms with E-state index in [1.165, 1.54) is 0 Å². The fraction of sp³-hybridized carbons (Fsp3) is 0.556. The van der Waals surface area contributed by atoms with Gasteiger partial charge in [-0.3, -0.25) is 4.90 Å². The van der Waals surface area contributed by atoms with Crippen LogP contribution in [-0.2, 0) is 4.74 Å². The molecular formula is C18H26N4O. The largest absolute Gasteiger partial charge is 0.380 e. The number of fused-ring (bicyclic) bond motifs is 1. The van der Waals surface area contributed by atoms with Crippen molar-refractivity contribution in [3.8, 4) is 0 Å². The maximum absolute atomic E-state index is 5.52. The molecule has 0 spiro atoms. The summed E-state index contributed by atoms with van der Waals surface area (Å²) in [6.07, 6.45) is 2.83. The molecular weight excluding hydrogens is 288 g/mol. The summed E-state index contributed by atoms with van der Waals surface area (Å²) in [4.78, 5) is 13.9. The van der Waals surface area contributed by atoms with E-state index >= 15 is 0 Å². The lowest BCUT2D eigenvalue weighted by atomic mass is 10.1. The highest BCUT2D eigenvalue weighted by atomic mass is 16.5. The predicted molar refractivity (Wildman–Crippen MR) is 93.9 cm³/mol. The van der Waals surface area contributed by atoms with Crippen molar-refractivity contribution in [1.29, 1.82) is 0 Å². The number of nitrogens with zero attached hydrogens (tertiary/aromatic N) is 4. The quantitative estimate of drug-likeness (QED) is 0.767. The van der Waals surface area contributed by atoms with Crippen molar-refractivity contribution < 1.29 is 4.74 Å². The predicted octanol–water partition coefficient (Wildman–Crippen LogP) is 2.57. The number of ether oxygens (including phenoxy) is 1. The molecule has 0 amide bonds. The van der Waals surface area contributed by atoms with E-state index in [0.29, 0.717) is 6.04 Å². The van der Waals surface area contributed by atoms with Gasteiger partial charge in [0.2, 0.25) is 0 Å². The molecule has 0 aliphatic carbocycles. The number of para-hydroxylation sites is 1. The number of anilines is 1. The number of benzene rings is 1. The summed E-state index contributed by atoms with van der Waals surface area (Å²) in [7, 11) is 0. The van der Waals surface area contributed by atoms with Crippen LogP contribution in [0.25, 0.3) is 10.9 Å². The third kappa shape index (κ3) is 3.62.